The monoisotopic (exact) mass is 333 g/mol. The Kier molecular flexibility index (Phi) is 3.72. The van der Waals surface area contributed by atoms with E-state index in [-0.39, 0.29) is 5.88 Å². The van der Waals surface area contributed by atoms with Crippen LogP contribution in [0.3, 0.4) is 0 Å². The summed E-state index contributed by atoms with van der Waals surface area (Å²) in [6.07, 6.45) is 6.32. The summed E-state index contributed by atoms with van der Waals surface area (Å²) in [7, 11) is 0. The maximum absolute atomic E-state index is 10.1. The zero-order valence-corrected chi connectivity index (χ0v) is 14.2. The predicted octanol–water partition coefficient (Wildman–Crippen LogP) is 3.24. The minimum Gasteiger partial charge on any atom is -0.493 e. The van der Waals surface area contributed by atoms with E-state index in [4.69, 9.17) is 5.10 Å². The molecule has 25 heavy (non-hydrogen) atoms. The van der Waals surface area contributed by atoms with Crippen LogP contribution in [0.1, 0.15) is 23.9 Å². The van der Waals surface area contributed by atoms with Crippen LogP contribution in [0.25, 0.3) is 16.6 Å². The van der Waals surface area contributed by atoms with Crippen LogP contribution in [0.5, 0.6) is 5.88 Å². The molecule has 1 N–H and O–H groups in total. The number of fused-ring (bicyclic) bond motifs is 1. The van der Waals surface area contributed by atoms with Crippen LogP contribution in [0, 0.1) is 6.92 Å². The number of hydrogen-bond acceptors (Lipinski definition) is 4. The Morgan fingerprint density at radius 2 is 2.04 bits per heavy atom. The van der Waals surface area contributed by atoms with Gasteiger partial charge in [0.15, 0.2) is 0 Å². The van der Waals surface area contributed by atoms with Gasteiger partial charge in [0.05, 0.1) is 29.8 Å². The lowest BCUT2D eigenvalue weighted by molar-refractivity contribution is 0.441. The fourth-order valence-corrected chi connectivity index (χ4v) is 3.13. The molecule has 0 saturated heterocycles. The molecule has 0 aliphatic rings. The van der Waals surface area contributed by atoms with Crippen molar-refractivity contribution >= 4 is 10.9 Å². The predicted molar refractivity (Wildman–Crippen MR) is 96.0 cm³/mol. The van der Waals surface area contributed by atoms with Gasteiger partial charge in [-0.3, -0.25) is 4.68 Å². The normalized spacial score (nSPS) is 11.3. The highest BCUT2D eigenvalue weighted by molar-refractivity contribution is 5.90. The Balaban J connectivity index is 1.87. The summed E-state index contributed by atoms with van der Waals surface area (Å²) in [4.78, 5) is 8.29. The maximum atomic E-state index is 10.1. The van der Waals surface area contributed by atoms with E-state index in [0.29, 0.717) is 6.54 Å². The number of imidazole rings is 1. The summed E-state index contributed by atoms with van der Waals surface area (Å²) in [5.41, 5.74) is 4.67. The summed E-state index contributed by atoms with van der Waals surface area (Å²) >= 11 is 0. The second-order valence-electron chi connectivity index (χ2n) is 6.03. The first kappa shape index (κ1) is 15.4. The van der Waals surface area contributed by atoms with E-state index >= 15 is 0 Å². The number of benzene rings is 1. The van der Waals surface area contributed by atoms with E-state index in [2.05, 4.69) is 29.0 Å². The average Bonchev–Trinajstić information content (AvgIpc) is 3.25. The first-order valence-corrected chi connectivity index (χ1v) is 8.29. The molecule has 3 aromatic heterocycles. The third kappa shape index (κ3) is 2.65. The zero-order valence-electron chi connectivity index (χ0n) is 14.2. The van der Waals surface area contributed by atoms with Gasteiger partial charge in [-0.25, -0.2) is 9.97 Å². The van der Waals surface area contributed by atoms with Gasteiger partial charge in [0, 0.05) is 29.0 Å². The van der Waals surface area contributed by atoms with Crippen molar-refractivity contribution < 1.29 is 5.11 Å². The van der Waals surface area contributed by atoms with Crippen LogP contribution in [-0.2, 0) is 13.0 Å². The van der Waals surface area contributed by atoms with Crippen LogP contribution >= 0.6 is 0 Å². The van der Waals surface area contributed by atoms with E-state index in [1.54, 1.807) is 12.5 Å². The van der Waals surface area contributed by atoms with Crippen LogP contribution in [0.4, 0.5) is 0 Å². The maximum Gasteiger partial charge on any atom is 0.216 e. The smallest absolute Gasteiger partial charge is 0.216 e. The summed E-state index contributed by atoms with van der Waals surface area (Å²) in [5, 5.41) is 16.0. The molecular weight excluding hydrogens is 314 g/mol. The molecule has 0 radical (unpaired) electrons. The second-order valence-corrected chi connectivity index (χ2v) is 6.03. The third-order valence-electron chi connectivity index (χ3n) is 4.36. The Bertz CT molecular complexity index is 1030. The minimum absolute atomic E-state index is 0.0625. The largest absolute Gasteiger partial charge is 0.493 e. The average molecular weight is 333 g/mol. The Labute approximate surface area is 145 Å². The van der Waals surface area contributed by atoms with E-state index in [1.807, 2.05) is 40.6 Å². The molecule has 126 valence electrons. The SMILES string of the molecule is CCc1nn(Cc2ccc(C)nc2O)c2cccc(-n3ccnc3)c12. The molecule has 6 nitrogen and oxygen atoms in total. The van der Waals surface area contributed by atoms with Crippen molar-refractivity contribution in [2.45, 2.75) is 26.8 Å². The standard InChI is InChI=1S/C19H19N5O/c1-3-15-18-16(23-10-9-20-12-23)5-4-6-17(18)24(22-15)11-14-8-7-13(2)21-19(14)25/h4-10,12H,3,11H2,1-2H3,(H,21,25). The van der Waals surface area contributed by atoms with Crippen molar-refractivity contribution in [1.29, 1.82) is 0 Å². The molecule has 3 heterocycles. The summed E-state index contributed by atoms with van der Waals surface area (Å²) in [6, 6.07) is 9.94. The zero-order chi connectivity index (χ0) is 17.4. The minimum atomic E-state index is 0.0625. The van der Waals surface area contributed by atoms with Gasteiger partial charge < -0.3 is 9.67 Å². The van der Waals surface area contributed by atoms with Crippen molar-refractivity contribution in [2.75, 3.05) is 0 Å². The number of aryl methyl sites for hydroxylation is 2. The van der Waals surface area contributed by atoms with E-state index < -0.39 is 0 Å². The van der Waals surface area contributed by atoms with Crippen molar-refractivity contribution in [2.24, 2.45) is 0 Å². The quantitative estimate of drug-likeness (QED) is 0.622. The molecule has 0 atom stereocenters. The van der Waals surface area contributed by atoms with Gasteiger partial charge in [-0.2, -0.15) is 5.10 Å². The highest BCUT2D eigenvalue weighted by Gasteiger charge is 2.15. The topological polar surface area (TPSA) is 68.8 Å². The van der Waals surface area contributed by atoms with Crippen molar-refractivity contribution in [3.8, 4) is 11.6 Å². The summed E-state index contributed by atoms with van der Waals surface area (Å²) in [6.45, 7) is 4.43. The Hall–Kier alpha value is -3.15. The second kappa shape index (κ2) is 6.05. The highest BCUT2D eigenvalue weighted by Crippen LogP contribution is 2.27. The third-order valence-corrected chi connectivity index (χ3v) is 4.36. The van der Waals surface area contributed by atoms with Gasteiger partial charge in [-0.15, -0.1) is 0 Å². The molecule has 0 amide bonds. The first-order chi connectivity index (χ1) is 12.2. The molecule has 4 aromatic rings. The summed E-state index contributed by atoms with van der Waals surface area (Å²) in [5.74, 6) is 0.0625. The number of aromatic hydroxyl groups is 1. The molecule has 0 unspecified atom stereocenters. The molecule has 1 aromatic carbocycles. The van der Waals surface area contributed by atoms with E-state index in [0.717, 1.165) is 40.0 Å². The number of pyridine rings is 1. The molecular formula is C19H19N5O. The van der Waals surface area contributed by atoms with Crippen molar-refractivity contribution in [1.82, 2.24) is 24.3 Å². The first-order valence-electron chi connectivity index (χ1n) is 8.29. The fraction of sp³-hybridized carbons (Fsp3) is 0.211. The van der Waals surface area contributed by atoms with Crippen LogP contribution < -0.4 is 0 Å². The molecule has 0 saturated carbocycles. The molecule has 0 fully saturated rings. The van der Waals surface area contributed by atoms with Gasteiger partial charge in [0.1, 0.15) is 0 Å². The molecule has 4 rings (SSSR count). The lowest BCUT2D eigenvalue weighted by Gasteiger charge is -2.08. The number of hydrogen-bond donors (Lipinski definition) is 1. The Morgan fingerprint density at radius 1 is 1.16 bits per heavy atom. The molecule has 0 aliphatic carbocycles. The van der Waals surface area contributed by atoms with Gasteiger partial charge in [0.25, 0.3) is 0 Å². The lowest BCUT2D eigenvalue weighted by Crippen LogP contribution is -2.03. The fourth-order valence-electron chi connectivity index (χ4n) is 3.13. The van der Waals surface area contributed by atoms with Crippen molar-refractivity contribution in [3.63, 3.8) is 0 Å². The van der Waals surface area contributed by atoms with Gasteiger partial charge in [0.2, 0.25) is 5.88 Å². The number of nitrogens with zero attached hydrogens (tertiary/aromatic N) is 5. The molecule has 0 spiro atoms. The van der Waals surface area contributed by atoms with Crippen LogP contribution in [-0.4, -0.2) is 29.4 Å². The van der Waals surface area contributed by atoms with Crippen LogP contribution in [0.15, 0.2) is 49.1 Å². The van der Waals surface area contributed by atoms with E-state index in [1.165, 1.54) is 0 Å². The van der Waals surface area contributed by atoms with Crippen molar-refractivity contribution in [3.05, 3.63) is 66.0 Å². The molecule has 0 aliphatic heterocycles. The van der Waals surface area contributed by atoms with Gasteiger partial charge in [-0.05, 0) is 37.6 Å². The van der Waals surface area contributed by atoms with Crippen LogP contribution in [0.2, 0.25) is 0 Å². The highest BCUT2D eigenvalue weighted by atomic mass is 16.3. The molecule has 6 heteroatoms. The van der Waals surface area contributed by atoms with Gasteiger partial charge >= 0.3 is 0 Å². The van der Waals surface area contributed by atoms with Gasteiger partial charge in [-0.1, -0.05) is 13.0 Å². The summed E-state index contributed by atoms with van der Waals surface area (Å²) < 4.78 is 3.93. The molecule has 0 bridgehead atoms. The number of aromatic nitrogens is 5. The number of rotatable bonds is 4. The van der Waals surface area contributed by atoms with E-state index in [9.17, 15) is 5.11 Å². The Morgan fingerprint density at radius 3 is 2.76 bits per heavy atom. The lowest BCUT2D eigenvalue weighted by atomic mass is 10.1.